The summed E-state index contributed by atoms with van der Waals surface area (Å²) < 4.78 is 30.7. The van der Waals surface area contributed by atoms with Crippen molar-refractivity contribution < 1.29 is 13.5 Å². The number of ether oxygens (including phenoxy) is 1. The summed E-state index contributed by atoms with van der Waals surface area (Å²) in [5, 5.41) is 3.29. The van der Waals surface area contributed by atoms with Crippen LogP contribution in [0.25, 0.3) is 0 Å². The Morgan fingerprint density at radius 2 is 2.16 bits per heavy atom. The predicted molar refractivity (Wildman–Crippen MR) is 68.3 cm³/mol. The van der Waals surface area contributed by atoms with Crippen LogP contribution in [0.3, 0.4) is 0 Å². The zero-order valence-corrected chi connectivity index (χ0v) is 11.3. The van der Waals surface area contributed by atoms with E-state index < -0.39 is 6.61 Å². The molecule has 0 aliphatic carbocycles. The van der Waals surface area contributed by atoms with Crippen LogP contribution in [-0.2, 0) is 0 Å². The SMILES string of the molecule is Cc1nc(OC(F)F)ccc1SN1CC2(CNC2)C1. The lowest BCUT2D eigenvalue weighted by Gasteiger charge is -2.55. The van der Waals surface area contributed by atoms with Gasteiger partial charge in [0.2, 0.25) is 5.88 Å². The third-order valence-corrected chi connectivity index (χ3v) is 4.62. The fourth-order valence-electron chi connectivity index (χ4n) is 2.39. The molecule has 19 heavy (non-hydrogen) atoms. The molecular weight excluding hydrogens is 272 g/mol. The highest BCUT2D eigenvalue weighted by Crippen LogP contribution is 2.41. The zero-order valence-electron chi connectivity index (χ0n) is 10.5. The second-order valence-corrected chi connectivity index (χ2v) is 6.24. The molecule has 1 aromatic heterocycles. The van der Waals surface area contributed by atoms with Crippen molar-refractivity contribution in [3.8, 4) is 5.88 Å². The maximum absolute atomic E-state index is 12.1. The van der Waals surface area contributed by atoms with E-state index >= 15 is 0 Å². The Kier molecular flexibility index (Phi) is 3.36. The Labute approximate surface area is 114 Å². The van der Waals surface area contributed by atoms with Crippen LogP contribution >= 0.6 is 11.9 Å². The number of aryl methyl sites for hydroxylation is 1. The average molecular weight is 287 g/mol. The maximum Gasteiger partial charge on any atom is 0.388 e. The molecule has 0 saturated carbocycles. The fourth-order valence-corrected chi connectivity index (χ4v) is 3.65. The van der Waals surface area contributed by atoms with Crippen LogP contribution in [0.4, 0.5) is 8.78 Å². The largest absolute Gasteiger partial charge is 0.417 e. The van der Waals surface area contributed by atoms with Crippen molar-refractivity contribution in [1.82, 2.24) is 14.6 Å². The Hall–Kier alpha value is -0.920. The van der Waals surface area contributed by atoms with Crippen molar-refractivity contribution in [1.29, 1.82) is 0 Å². The number of nitrogens with zero attached hydrogens (tertiary/aromatic N) is 2. The molecule has 0 amide bonds. The van der Waals surface area contributed by atoms with E-state index in [4.69, 9.17) is 0 Å². The van der Waals surface area contributed by atoms with Crippen LogP contribution in [0, 0.1) is 12.3 Å². The molecule has 104 valence electrons. The van der Waals surface area contributed by atoms with Crippen molar-refractivity contribution in [2.24, 2.45) is 5.41 Å². The van der Waals surface area contributed by atoms with Crippen LogP contribution in [-0.4, -0.2) is 42.1 Å². The minimum atomic E-state index is -2.83. The molecule has 4 nitrogen and oxygen atoms in total. The van der Waals surface area contributed by atoms with E-state index in [-0.39, 0.29) is 5.88 Å². The van der Waals surface area contributed by atoms with Gasteiger partial charge in [-0.05, 0) is 24.9 Å². The number of pyridine rings is 1. The van der Waals surface area contributed by atoms with E-state index in [1.165, 1.54) is 6.07 Å². The first-order chi connectivity index (χ1) is 9.06. The van der Waals surface area contributed by atoms with Crippen molar-refractivity contribution in [2.45, 2.75) is 18.4 Å². The molecule has 0 unspecified atom stereocenters. The minimum Gasteiger partial charge on any atom is -0.417 e. The first kappa shape index (κ1) is 13.1. The Balaban J connectivity index is 1.59. The molecule has 2 aliphatic heterocycles. The summed E-state index contributed by atoms with van der Waals surface area (Å²) in [5.74, 6) is -0.0277. The summed E-state index contributed by atoms with van der Waals surface area (Å²) >= 11 is 1.64. The lowest BCUT2D eigenvalue weighted by atomic mass is 9.76. The number of halogens is 2. The van der Waals surface area contributed by atoms with Gasteiger partial charge in [-0.15, -0.1) is 0 Å². The van der Waals surface area contributed by atoms with Crippen molar-refractivity contribution in [3.63, 3.8) is 0 Å². The van der Waals surface area contributed by atoms with E-state index in [0.29, 0.717) is 5.41 Å². The quantitative estimate of drug-likeness (QED) is 0.856. The van der Waals surface area contributed by atoms with Gasteiger partial charge >= 0.3 is 6.61 Å². The number of alkyl halides is 2. The number of rotatable bonds is 4. The van der Waals surface area contributed by atoms with Crippen LogP contribution in [0.5, 0.6) is 5.88 Å². The highest BCUT2D eigenvalue weighted by atomic mass is 32.2. The zero-order chi connectivity index (χ0) is 13.5. The second-order valence-electron chi connectivity index (χ2n) is 5.10. The molecule has 3 rings (SSSR count). The molecule has 2 saturated heterocycles. The van der Waals surface area contributed by atoms with Crippen LogP contribution in [0.1, 0.15) is 5.69 Å². The van der Waals surface area contributed by atoms with Gasteiger partial charge in [0.1, 0.15) is 0 Å². The number of aromatic nitrogens is 1. The van der Waals surface area contributed by atoms with Gasteiger partial charge in [0.25, 0.3) is 0 Å². The van der Waals surface area contributed by atoms with Crippen molar-refractivity contribution >= 4 is 11.9 Å². The number of hydrogen-bond acceptors (Lipinski definition) is 5. The van der Waals surface area contributed by atoms with Gasteiger partial charge in [-0.3, -0.25) is 0 Å². The van der Waals surface area contributed by atoms with Crippen molar-refractivity contribution in [2.75, 3.05) is 26.2 Å². The van der Waals surface area contributed by atoms with Gasteiger partial charge in [0, 0.05) is 42.6 Å². The van der Waals surface area contributed by atoms with E-state index in [1.807, 2.05) is 0 Å². The number of nitrogens with one attached hydrogen (secondary N) is 1. The van der Waals surface area contributed by atoms with E-state index in [0.717, 1.165) is 36.8 Å². The van der Waals surface area contributed by atoms with Crippen LogP contribution in [0.15, 0.2) is 17.0 Å². The Morgan fingerprint density at radius 1 is 1.42 bits per heavy atom. The molecule has 0 aromatic carbocycles. The van der Waals surface area contributed by atoms with Crippen molar-refractivity contribution in [3.05, 3.63) is 17.8 Å². The highest BCUT2D eigenvalue weighted by Gasteiger charge is 2.47. The van der Waals surface area contributed by atoms with Gasteiger partial charge in [-0.1, -0.05) is 0 Å². The average Bonchev–Trinajstić information content (AvgIpc) is 2.21. The van der Waals surface area contributed by atoms with Gasteiger partial charge in [0.05, 0.1) is 5.69 Å². The second kappa shape index (κ2) is 4.88. The van der Waals surface area contributed by atoms with Crippen LogP contribution < -0.4 is 10.1 Å². The molecule has 2 fully saturated rings. The summed E-state index contributed by atoms with van der Waals surface area (Å²) in [7, 11) is 0. The fraction of sp³-hybridized carbons (Fsp3) is 0.583. The third-order valence-electron chi connectivity index (χ3n) is 3.47. The van der Waals surface area contributed by atoms with Gasteiger partial charge in [-0.2, -0.15) is 8.78 Å². The van der Waals surface area contributed by atoms with E-state index in [1.54, 1.807) is 24.9 Å². The summed E-state index contributed by atoms with van der Waals surface area (Å²) in [6, 6.07) is 3.27. The molecule has 0 bridgehead atoms. The lowest BCUT2D eigenvalue weighted by Crippen LogP contribution is -2.69. The molecule has 1 spiro atoms. The molecule has 3 heterocycles. The summed E-state index contributed by atoms with van der Waals surface area (Å²) in [4.78, 5) is 5.02. The maximum atomic E-state index is 12.1. The van der Waals surface area contributed by atoms with E-state index in [9.17, 15) is 8.78 Å². The molecular formula is C12H15F2N3OS. The van der Waals surface area contributed by atoms with Gasteiger partial charge in [0.15, 0.2) is 0 Å². The standard InChI is InChI=1S/C12H15F2N3OS/c1-8-9(2-3-10(16-8)18-11(13)14)19-17-6-12(7-17)4-15-5-12/h2-3,11,15H,4-7H2,1H3. The van der Waals surface area contributed by atoms with Gasteiger partial charge in [-0.25, -0.2) is 9.29 Å². The van der Waals surface area contributed by atoms with E-state index in [2.05, 4.69) is 19.3 Å². The Morgan fingerprint density at radius 3 is 2.68 bits per heavy atom. The molecule has 7 heteroatoms. The summed E-state index contributed by atoms with van der Waals surface area (Å²) in [6.07, 6.45) is 0. The molecule has 1 aromatic rings. The molecule has 2 aliphatic rings. The first-order valence-electron chi connectivity index (χ1n) is 6.12. The smallest absolute Gasteiger partial charge is 0.388 e. The molecule has 1 N–H and O–H groups in total. The highest BCUT2D eigenvalue weighted by molar-refractivity contribution is 7.97. The molecule has 0 radical (unpaired) electrons. The minimum absolute atomic E-state index is 0.0277. The third kappa shape index (κ3) is 2.68. The lowest BCUT2D eigenvalue weighted by molar-refractivity contribution is -0.0529. The number of hydrogen-bond donors (Lipinski definition) is 1. The molecule has 0 atom stereocenters. The van der Waals surface area contributed by atoms with Crippen LogP contribution in [0.2, 0.25) is 0 Å². The van der Waals surface area contributed by atoms with Gasteiger partial charge < -0.3 is 10.1 Å². The predicted octanol–water partition coefficient (Wildman–Crippen LogP) is 1.90. The summed E-state index contributed by atoms with van der Waals surface area (Å²) in [5.41, 5.74) is 1.20. The summed E-state index contributed by atoms with van der Waals surface area (Å²) in [6.45, 7) is 3.32. The monoisotopic (exact) mass is 287 g/mol. The topological polar surface area (TPSA) is 37.4 Å². The Bertz CT molecular complexity index is 474. The first-order valence-corrected chi connectivity index (χ1v) is 6.90. The normalized spacial score (nSPS) is 21.3.